The van der Waals surface area contributed by atoms with Crippen molar-refractivity contribution in [3.8, 4) is 0 Å². The van der Waals surface area contributed by atoms with Crippen LogP contribution in [0.1, 0.15) is 36.7 Å². The second kappa shape index (κ2) is 7.64. The number of unbranched alkanes of at least 4 members (excludes halogenated alkanes) is 1. The van der Waals surface area contributed by atoms with E-state index in [4.69, 9.17) is 4.98 Å². The lowest BCUT2D eigenvalue weighted by Crippen LogP contribution is -2.05. The molecule has 0 bridgehead atoms. The van der Waals surface area contributed by atoms with Gasteiger partial charge < -0.3 is 0 Å². The minimum absolute atomic E-state index is 0.964. The Morgan fingerprint density at radius 3 is 2.61 bits per heavy atom. The Bertz CT molecular complexity index is 762. The lowest BCUT2D eigenvalue weighted by Gasteiger charge is -2.08. The second-order valence-corrected chi connectivity index (χ2v) is 6.67. The molecule has 0 unspecified atom stereocenters. The Kier molecular flexibility index (Phi) is 5.34. The van der Waals surface area contributed by atoms with Crippen LogP contribution >= 0.6 is 11.8 Å². The van der Waals surface area contributed by atoms with Gasteiger partial charge in [-0.15, -0.1) is 11.8 Å². The molecule has 0 saturated carbocycles. The van der Waals surface area contributed by atoms with E-state index >= 15 is 0 Å². The molecule has 120 valence electrons. The van der Waals surface area contributed by atoms with E-state index in [1.54, 1.807) is 11.8 Å². The molecule has 0 aliphatic carbocycles. The van der Waals surface area contributed by atoms with Crippen LogP contribution in [0.25, 0.3) is 5.65 Å². The summed E-state index contributed by atoms with van der Waals surface area (Å²) in [6.07, 6.45) is 9.39. The van der Waals surface area contributed by atoms with Crippen molar-refractivity contribution in [1.82, 2.24) is 14.6 Å². The summed E-state index contributed by atoms with van der Waals surface area (Å²) in [5.74, 6) is 0. The molecule has 1 aromatic carbocycles. The minimum atomic E-state index is 0.964. The van der Waals surface area contributed by atoms with Gasteiger partial charge in [0.05, 0.1) is 6.20 Å². The molecular weight excluding hydrogens is 302 g/mol. The normalized spacial score (nSPS) is 11.2. The smallest absolute Gasteiger partial charge is 0.155 e. The number of fused-ring (bicyclic) bond motifs is 1. The highest BCUT2D eigenvalue weighted by Gasteiger charge is 2.07. The molecule has 2 heterocycles. The summed E-state index contributed by atoms with van der Waals surface area (Å²) in [5.41, 5.74) is 4.77. The fraction of sp³-hybridized carbons (Fsp3) is 0.368. The van der Waals surface area contributed by atoms with Gasteiger partial charge in [0.2, 0.25) is 0 Å². The lowest BCUT2D eigenvalue weighted by molar-refractivity contribution is 0.753. The van der Waals surface area contributed by atoms with E-state index in [0.29, 0.717) is 0 Å². The number of rotatable bonds is 7. The average molecular weight is 325 g/mol. The maximum atomic E-state index is 4.71. The Balaban J connectivity index is 1.78. The molecule has 23 heavy (non-hydrogen) atoms. The first-order valence-corrected chi connectivity index (χ1v) is 9.48. The predicted molar refractivity (Wildman–Crippen MR) is 97.2 cm³/mol. The highest BCUT2D eigenvalue weighted by atomic mass is 32.2. The minimum Gasteiger partial charge on any atom is -0.234 e. The van der Waals surface area contributed by atoms with Crippen LogP contribution in [0.5, 0.6) is 0 Å². The summed E-state index contributed by atoms with van der Waals surface area (Å²) in [4.78, 5) is 6.02. The number of benzene rings is 1. The largest absolute Gasteiger partial charge is 0.234 e. The fourth-order valence-electron chi connectivity index (χ4n) is 2.76. The maximum absolute atomic E-state index is 4.71. The molecule has 0 N–H and O–H groups in total. The number of nitrogens with zero attached hydrogens (tertiary/aromatic N) is 3. The van der Waals surface area contributed by atoms with Gasteiger partial charge in [-0.3, -0.25) is 0 Å². The molecule has 0 radical (unpaired) electrons. The molecule has 3 nitrogen and oxygen atoms in total. The topological polar surface area (TPSA) is 30.2 Å². The molecule has 4 heteroatoms. The van der Waals surface area contributed by atoms with Crippen molar-refractivity contribution in [1.29, 1.82) is 0 Å². The third-order valence-electron chi connectivity index (χ3n) is 4.10. The summed E-state index contributed by atoms with van der Waals surface area (Å²) in [7, 11) is 0. The van der Waals surface area contributed by atoms with Crippen LogP contribution in [0.15, 0.2) is 47.5 Å². The predicted octanol–water partition coefficient (Wildman–Crippen LogP) is 4.58. The summed E-state index contributed by atoms with van der Waals surface area (Å²) in [5, 5.41) is 4.43. The van der Waals surface area contributed by atoms with Gasteiger partial charge in [-0.05, 0) is 55.7 Å². The summed E-state index contributed by atoms with van der Waals surface area (Å²) in [6, 6.07) is 13.1. The third kappa shape index (κ3) is 3.94. The number of aromatic nitrogens is 3. The standard InChI is InChI=1S/C19H23N3S/c1-3-4-5-16-14-17(22-19(21-16)12-13-20-22)9-6-15-7-10-18(23-2)11-8-15/h7-8,10-14H,3-6,9H2,1-2H3. The van der Waals surface area contributed by atoms with Gasteiger partial charge in [0.25, 0.3) is 0 Å². The van der Waals surface area contributed by atoms with Crippen molar-refractivity contribution >= 4 is 17.4 Å². The van der Waals surface area contributed by atoms with E-state index in [1.807, 2.05) is 16.8 Å². The number of aryl methyl sites for hydroxylation is 3. The van der Waals surface area contributed by atoms with Crippen LogP contribution in [0, 0.1) is 0 Å². The average Bonchev–Trinajstić information content (AvgIpc) is 3.07. The Morgan fingerprint density at radius 2 is 1.87 bits per heavy atom. The van der Waals surface area contributed by atoms with Gasteiger partial charge in [0, 0.05) is 22.3 Å². The number of hydrogen-bond donors (Lipinski definition) is 0. The molecule has 0 spiro atoms. The monoisotopic (exact) mass is 325 g/mol. The molecule has 0 amide bonds. The first-order chi connectivity index (χ1) is 11.3. The van der Waals surface area contributed by atoms with Crippen LogP contribution in [-0.2, 0) is 19.3 Å². The van der Waals surface area contributed by atoms with Gasteiger partial charge in [-0.25, -0.2) is 9.50 Å². The zero-order chi connectivity index (χ0) is 16.1. The van der Waals surface area contributed by atoms with Crippen molar-refractivity contribution in [3.63, 3.8) is 0 Å². The van der Waals surface area contributed by atoms with Crippen LogP contribution in [0.3, 0.4) is 0 Å². The van der Waals surface area contributed by atoms with E-state index in [2.05, 4.69) is 48.6 Å². The Hall–Kier alpha value is -1.81. The van der Waals surface area contributed by atoms with Crippen molar-refractivity contribution in [2.45, 2.75) is 43.9 Å². The van der Waals surface area contributed by atoms with Crippen LogP contribution in [0.4, 0.5) is 0 Å². The van der Waals surface area contributed by atoms with Gasteiger partial charge in [0.15, 0.2) is 5.65 Å². The van der Waals surface area contributed by atoms with Gasteiger partial charge in [-0.2, -0.15) is 5.10 Å². The first kappa shape index (κ1) is 16.1. The quantitative estimate of drug-likeness (QED) is 0.596. The highest BCUT2D eigenvalue weighted by Crippen LogP contribution is 2.17. The third-order valence-corrected chi connectivity index (χ3v) is 4.85. The molecule has 3 rings (SSSR count). The molecule has 0 aliphatic heterocycles. The molecule has 0 aliphatic rings. The van der Waals surface area contributed by atoms with Gasteiger partial charge in [-0.1, -0.05) is 25.5 Å². The number of hydrogen-bond acceptors (Lipinski definition) is 3. The summed E-state index contributed by atoms with van der Waals surface area (Å²) < 4.78 is 1.98. The van der Waals surface area contributed by atoms with E-state index in [0.717, 1.165) is 24.9 Å². The van der Waals surface area contributed by atoms with Gasteiger partial charge >= 0.3 is 0 Å². The van der Waals surface area contributed by atoms with Crippen molar-refractivity contribution < 1.29 is 0 Å². The Morgan fingerprint density at radius 1 is 1.04 bits per heavy atom. The van der Waals surface area contributed by atoms with E-state index < -0.39 is 0 Å². The number of thioether (sulfide) groups is 1. The maximum Gasteiger partial charge on any atom is 0.155 e. The Labute approximate surface area is 142 Å². The van der Waals surface area contributed by atoms with Gasteiger partial charge in [0.1, 0.15) is 0 Å². The molecule has 2 aromatic heterocycles. The van der Waals surface area contributed by atoms with Crippen molar-refractivity contribution in [2.75, 3.05) is 6.26 Å². The molecule has 3 aromatic rings. The SMILES string of the molecule is CCCCc1cc(CCc2ccc(SC)cc2)n2nccc2n1. The van der Waals surface area contributed by atoms with Crippen LogP contribution in [0.2, 0.25) is 0 Å². The summed E-state index contributed by atoms with van der Waals surface area (Å²) >= 11 is 1.78. The fourth-order valence-corrected chi connectivity index (χ4v) is 3.17. The molecule has 0 atom stereocenters. The van der Waals surface area contributed by atoms with Crippen LogP contribution in [-0.4, -0.2) is 20.9 Å². The van der Waals surface area contributed by atoms with E-state index in [-0.39, 0.29) is 0 Å². The highest BCUT2D eigenvalue weighted by molar-refractivity contribution is 7.98. The van der Waals surface area contributed by atoms with Crippen LogP contribution < -0.4 is 0 Å². The van der Waals surface area contributed by atoms with Crippen molar-refractivity contribution in [3.05, 3.63) is 59.5 Å². The zero-order valence-corrected chi connectivity index (χ0v) is 14.6. The first-order valence-electron chi connectivity index (χ1n) is 8.25. The molecular formula is C19H23N3S. The summed E-state index contributed by atoms with van der Waals surface area (Å²) in [6.45, 7) is 2.22. The lowest BCUT2D eigenvalue weighted by atomic mass is 10.1. The zero-order valence-electron chi connectivity index (χ0n) is 13.8. The van der Waals surface area contributed by atoms with E-state index in [1.165, 1.54) is 34.7 Å². The van der Waals surface area contributed by atoms with E-state index in [9.17, 15) is 0 Å². The molecule has 0 saturated heterocycles. The van der Waals surface area contributed by atoms with Crippen molar-refractivity contribution in [2.24, 2.45) is 0 Å². The molecule has 0 fully saturated rings. The second-order valence-electron chi connectivity index (χ2n) is 5.79.